The molecule has 0 saturated carbocycles. The zero-order chi connectivity index (χ0) is 17.7. The number of nitrogens with zero attached hydrogens (tertiary/aromatic N) is 1. The number of benzene rings is 1. The Bertz CT molecular complexity index is 642. The van der Waals surface area contributed by atoms with Gasteiger partial charge in [0.05, 0.1) is 0 Å². The smallest absolute Gasteiger partial charge is 0.329 e. The van der Waals surface area contributed by atoms with Crippen LogP contribution in [0.25, 0.3) is 0 Å². The number of ketones is 1. The number of ether oxygens (including phenoxy) is 2. The first-order chi connectivity index (χ1) is 11.4. The van der Waals surface area contributed by atoms with Gasteiger partial charge in [0, 0.05) is 20.3 Å². The van der Waals surface area contributed by atoms with Crippen LogP contribution in [0.1, 0.15) is 32.3 Å². The Hall–Kier alpha value is -2.70. The highest BCUT2D eigenvalue weighted by Gasteiger charge is 2.44. The quantitative estimate of drug-likeness (QED) is 0.727. The van der Waals surface area contributed by atoms with Crippen LogP contribution in [-0.4, -0.2) is 40.8 Å². The molecule has 0 N–H and O–H groups in total. The summed E-state index contributed by atoms with van der Waals surface area (Å²) in [6.07, 6.45) is -1.08. The largest absolute Gasteiger partial charge is 0.459 e. The summed E-state index contributed by atoms with van der Waals surface area (Å²) < 4.78 is 10.2. The van der Waals surface area contributed by atoms with Gasteiger partial charge in [-0.3, -0.25) is 19.3 Å². The van der Waals surface area contributed by atoms with Crippen LogP contribution in [0.4, 0.5) is 0 Å². The molecule has 1 saturated heterocycles. The zero-order valence-corrected chi connectivity index (χ0v) is 13.6. The predicted molar refractivity (Wildman–Crippen MR) is 82.3 cm³/mol. The number of rotatable bonds is 6. The number of esters is 2. The van der Waals surface area contributed by atoms with Crippen LogP contribution in [0.2, 0.25) is 0 Å². The molecule has 7 nitrogen and oxygen atoms in total. The summed E-state index contributed by atoms with van der Waals surface area (Å²) in [5, 5.41) is 0. The van der Waals surface area contributed by atoms with E-state index < -0.39 is 35.9 Å². The van der Waals surface area contributed by atoms with E-state index in [-0.39, 0.29) is 19.4 Å². The Morgan fingerprint density at radius 3 is 2.46 bits per heavy atom. The predicted octanol–water partition coefficient (Wildman–Crippen LogP) is 1.20. The fourth-order valence-corrected chi connectivity index (χ4v) is 2.55. The lowest BCUT2D eigenvalue weighted by molar-refractivity contribution is -0.175. The van der Waals surface area contributed by atoms with Crippen molar-refractivity contribution in [2.45, 2.75) is 45.6 Å². The Morgan fingerprint density at radius 2 is 1.88 bits per heavy atom. The fraction of sp³-hybridized carbons (Fsp3) is 0.412. The Labute approximate surface area is 139 Å². The lowest BCUT2D eigenvalue weighted by Crippen LogP contribution is -2.51. The number of amides is 1. The maximum absolute atomic E-state index is 12.3. The first kappa shape index (κ1) is 17.7. The molecule has 1 aromatic carbocycles. The summed E-state index contributed by atoms with van der Waals surface area (Å²) in [6, 6.07) is 8.17. The number of carbonyl (C=O) groups is 4. The van der Waals surface area contributed by atoms with Crippen molar-refractivity contribution in [2.75, 3.05) is 0 Å². The van der Waals surface area contributed by atoms with Crippen LogP contribution < -0.4 is 0 Å². The normalized spacial score (nSPS) is 18.2. The molecule has 1 heterocycles. The van der Waals surface area contributed by atoms with Crippen molar-refractivity contribution >= 4 is 23.6 Å². The number of hydrogen-bond acceptors (Lipinski definition) is 6. The molecular weight excluding hydrogens is 314 g/mol. The minimum absolute atomic E-state index is 0.0660. The van der Waals surface area contributed by atoms with E-state index in [2.05, 4.69) is 0 Å². The summed E-state index contributed by atoms with van der Waals surface area (Å²) in [7, 11) is 0. The van der Waals surface area contributed by atoms with Crippen molar-refractivity contribution in [3.8, 4) is 0 Å². The summed E-state index contributed by atoms with van der Waals surface area (Å²) in [5.41, 5.74) is 0.810. The van der Waals surface area contributed by atoms with Crippen LogP contribution in [0.5, 0.6) is 0 Å². The van der Waals surface area contributed by atoms with Gasteiger partial charge in [0.1, 0.15) is 12.6 Å². The standard InChI is InChI=1S/C17H19NO6/c1-11(19)16(24-12(2)20)18-14(8-9-15(18)21)17(22)23-10-13-6-4-3-5-7-13/h3-7,14,16H,8-10H2,1-2H3. The second-order valence-electron chi connectivity index (χ2n) is 5.52. The van der Waals surface area contributed by atoms with Crippen LogP contribution in [0.3, 0.4) is 0 Å². The van der Waals surface area contributed by atoms with E-state index in [1.54, 1.807) is 0 Å². The highest BCUT2D eigenvalue weighted by Crippen LogP contribution is 2.24. The Morgan fingerprint density at radius 1 is 1.21 bits per heavy atom. The van der Waals surface area contributed by atoms with Crippen molar-refractivity contribution in [1.29, 1.82) is 0 Å². The van der Waals surface area contributed by atoms with Gasteiger partial charge in [-0.15, -0.1) is 0 Å². The molecule has 0 bridgehead atoms. The van der Waals surface area contributed by atoms with E-state index in [9.17, 15) is 19.2 Å². The number of likely N-dealkylation sites (tertiary alicyclic amines) is 1. The highest BCUT2D eigenvalue weighted by atomic mass is 16.6. The van der Waals surface area contributed by atoms with E-state index in [4.69, 9.17) is 9.47 Å². The van der Waals surface area contributed by atoms with E-state index in [0.717, 1.165) is 17.4 Å². The third-order valence-corrected chi connectivity index (χ3v) is 3.63. The first-order valence-electron chi connectivity index (χ1n) is 7.59. The van der Waals surface area contributed by atoms with Gasteiger partial charge < -0.3 is 9.47 Å². The summed E-state index contributed by atoms with van der Waals surface area (Å²) >= 11 is 0. The lowest BCUT2D eigenvalue weighted by Gasteiger charge is -2.29. The second kappa shape index (κ2) is 7.72. The topological polar surface area (TPSA) is 90.0 Å². The number of hydrogen-bond donors (Lipinski definition) is 0. The molecule has 128 valence electrons. The third-order valence-electron chi connectivity index (χ3n) is 3.63. The van der Waals surface area contributed by atoms with Gasteiger partial charge in [0.2, 0.25) is 12.1 Å². The maximum atomic E-state index is 12.3. The average molecular weight is 333 g/mol. The van der Waals surface area contributed by atoms with Crippen molar-refractivity contribution in [1.82, 2.24) is 4.90 Å². The molecule has 24 heavy (non-hydrogen) atoms. The fourth-order valence-electron chi connectivity index (χ4n) is 2.55. The lowest BCUT2D eigenvalue weighted by atomic mass is 10.2. The van der Waals surface area contributed by atoms with Gasteiger partial charge in [-0.05, 0) is 12.0 Å². The van der Waals surface area contributed by atoms with E-state index >= 15 is 0 Å². The van der Waals surface area contributed by atoms with Gasteiger partial charge in [-0.2, -0.15) is 0 Å². The van der Waals surface area contributed by atoms with Crippen LogP contribution >= 0.6 is 0 Å². The summed E-state index contributed by atoms with van der Waals surface area (Å²) in [6.45, 7) is 2.40. The molecule has 1 aliphatic rings. The van der Waals surface area contributed by atoms with Crippen molar-refractivity contribution in [3.63, 3.8) is 0 Å². The molecule has 1 amide bonds. The first-order valence-corrected chi connectivity index (χ1v) is 7.59. The minimum atomic E-state index is -1.40. The molecule has 0 aromatic heterocycles. The van der Waals surface area contributed by atoms with Crippen LogP contribution in [0, 0.1) is 0 Å². The number of carbonyl (C=O) groups excluding carboxylic acids is 4. The summed E-state index contributed by atoms with van der Waals surface area (Å²) in [4.78, 5) is 48.3. The van der Waals surface area contributed by atoms with E-state index in [1.165, 1.54) is 6.92 Å². The van der Waals surface area contributed by atoms with E-state index in [1.807, 2.05) is 30.3 Å². The minimum Gasteiger partial charge on any atom is -0.459 e. The maximum Gasteiger partial charge on any atom is 0.329 e. The van der Waals surface area contributed by atoms with E-state index in [0.29, 0.717) is 0 Å². The second-order valence-corrected chi connectivity index (χ2v) is 5.52. The molecular formula is C17H19NO6. The molecule has 2 unspecified atom stereocenters. The van der Waals surface area contributed by atoms with Gasteiger partial charge >= 0.3 is 11.9 Å². The zero-order valence-electron chi connectivity index (χ0n) is 13.6. The monoisotopic (exact) mass is 333 g/mol. The molecule has 1 aliphatic heterocycles. The van der Waals surface area contributed by atoms with Crippen molar-refractivity contribution < 1.29 is 28.7 Å². The van der Waals surface area contributed by atoms with Crippen LogP contribution in [-0.2, 0) is 35.3 Å². The SMILES string of the molecule is CC(=O)OC(C(C)=O)N1C(=O)CCC1C(=O)OCc1ccccc1. The number of Topliss-reactive ketones (excluding diaryl/α,β-unsaturated/α-hetero) is 1. The van der Waals surface area contributed by atoms with Crippen molar-refractivity contribution in [3.05, 3.63) is 35.9 Å². The molecule has 1 fully saturated rings. The average Bonchev–Trinajstić information content (AvgIpc) is 2.92. The molecule has 1 aromatic rings. The van der Waals surface area contributed by atoms with Crippen molar-refractivity contribution in [2.24, 2.45) is 0 Å². The Kier molecular flexibility index (Phi) is 5.68. The molecule has 0 spiro atoms. The van der Waals surface area contributed by atoms with Gasteiger partial charge in [-0.1, -0.05) is 30.3 Å². The molecule has 7 heteroatoms. The van der Waals surface area contributed by atoms with Crippen LogP contribution in [0.15, 0.2) is 30.3 Å². The third kappa shape index (κ3) is 4.18. The summed E-state index contributed by atoms with van der Waals surface area (Å²) in [5.74, 6) is -2.27. The Balaban J connectivity index is 2.09. The molecule has 2 rings (SSSR count). The molecule has 2 atom stereocenters. The highest BCUT2D eigenvalue weighted by molar-refractivity contribution is 5.93. The molecule has 0 radical (unpaired) electrons. The van der Waals surface area contributed by atoms with Gasteiger partial charge in [0.25, 0.3) is 0 Å². The van der Waals surface area contributed by atoms with Gasteiger partial charge in [-0.25, -0.2) is 4.79 Å². The van der Waals surface area contributed by atoms with Gasteiger partial charge in [0.15, 0.2) is 5.78 Å². The molecule has 0 aliphatic carbocycles.